The minimum atomic E-state index is -0.428. The van der Waals surface area contributed by atoms with Crippen LogP contribution in [0.5, 0.6) is 23.0 Å². The predicted molar refractivity (Wildman–Crippen MR) is 128 cm³/mol. The van der Waals surface area contributed by atoms with Crippen molar-refractivity contribution in [1.29, 1.82) is 0 Å². The van der Waals surface area contributed by atoms with Crippen molar-refractivity contribution in [3.05, 3.63) is 82.4 Å². The van der Waals surface area contributed by atoms with Crippen LogP contribution in [0.25, 0.3) is 0 Å². The number of methoxy groups -OCH3 is 3. The molecular weight excluding hydrogens is 416 g/mol. The van der Waals surface area contributed by atoms with Crippen molar-refractivity contribution in [2.75, 3.05) is 21.3 Å². The number of rotatable bonds is 5. The Morgan fingerprint density at radius 3 is 2.27 bits per heavy atom. The number of hydrogen-bond donors (Lipinski definition) is 0. The fraction of sp³-hybridized carbons (Fsp3) is 0.296. The van der Waals surface area contributed by atoms with E-state index in [9.17, 15) is 0 Å². The van der Waals surface area contributed by atoms with Crippen LogP contribution in [0.15, 0.2) is 59.7 Å². The quantitative estimate of drug-likeness (QED) is 0.515. The Morgan fingerprint density at radius 1 is 0.879 bits per heavy atom. The number of ether oxygens (including phenoxy) is 4. The van der Waals surface area contributed by atoms with Crippen molar-refractivity contribution in [3.8, 4) is 23.0 Å². The molecule has 0 saturated carbocycles. The van der Waals surface area contributed by atoms with Gasteiger partial charge in [0.25, 0.3) is 0 Å². The van der Waals surface area contributed by atoms with Crippen LogP contribution in [0.1, 0.15) is 46.5 Å². The lowest BCUT2D eigenvalue weighted by Gasteiger charge is -2.38. The molecule has 33 heavy (non-hydrogen) atoms. The fourth-order valence-corrected chi connectivity index (χ4v) is 4.59. The number of hydrazone groups is 1. The third kappa shape index (κ3) is 3.55. The summed E-state index contributed by atoms with van der Waals surface area (Å²) >= 11 is 0. The highest BCUT2D eigenvalue weighted by molar-refractivity contribution is 6.02. The van der Waals surface area contributed by atoms with Crippen LogP contribution in [0.2, 0.25) is 0 Å². The lowest BCUT2D eigenvalue weighted by molar-refractivity contribution is -0.0192. The van der Waals surface area contributed by atoms with Crippen LogP contribution in [-0.4, -0.2) is 32.0 Å². The van der Waals surface area contributed by atoms with Crippen molar-refractivity contribution >= 4 is 5.71 Å². The Bertz CT molecular complexity index is 1210. The van der Waals surface area contributed by atoms with E-state index >= 15 is 0 Å². The van der Waals surface area contributed by atoms with E-state index in [0.717, 1.165) is 34.6 Å². The summed E-state index contributed by atoms with van der Waals surface area (Å²) in [4.78, 5) is 0. The van der Waals surface area contributed by atoms with Crippen LogP contribution in [0, 0.1) is 13.8 Å². The molecule has 0 saturated heterocycles. The second kappa shape index (κ2) is 8.35. The topological polar surface area (TPSA) is 52.5 Å². The van der Waals surface area contributed by atoms with Crippen LogP contribution >= 0.6 is 0 Å². The molecule has 0 aromatic heterocycles. The van der Waals surface area contributed by atoms with E-state index in [4.69, 9.17) is 24.0 Å². The van der Waals surface area contributed by atoms with Gasteiger partial charge in [0.15, 0.2) is 11.5 Å². The summed E-state index contributed by atoms with van der Waals surface area (Å²) in [6, 6.07) is 18.7. The van der Waals surface area contributed by atoms with E-state index in [-0.39, 0.29) is 6.04 Å². The van der Waals surface area contributed by atoms with Gasteiger partial charge in [-0.2, -0.15) is 5.10 Å². The zero-order valence-corrected chi connectivity index (χ0v) is 19.6. The molecule has 3 aromatic carbocycles. The normalized spacial score (nSPS) is 18.7. The smallest absolute Gasteiger partial charge is 0.214 e. The summed E-state index contributed by atoms with van der Waals surface area (Å²) in [5, 5.41) is 7.14. The lowest BCUT2D eigenvalue weighted by Crippen LogP contribution is -2.33. The first-order valence-corrected chi connectivity index (χ1v) is 11.0. The summed E-state index contributed by atoms with van der Waals surface area (Å²) in [5.74, 6) is 2.60. The van der Waals surface area contributed by atoms with Gasteiger partial charge in [-0.05, 0) is 54.8 Å². The summed E-state index contributed by atoms with van der Waals surface area (Å²) in [6.45, 7) is 4.27. The van der Waals surface area contributed by atoms with Gasteiger partial charge in [-0.1, -0.05) is 30.3 Å². The second-order valence-corrected chi connectivity index (χ2v) is 8.41. The van der Waals surface area contributed by atoms with Crippen molar-refractivity contribution in [1.82, 2.24) is 5.01 Å². The predicted octanol–water partition coefficient (Wildman–Crippen LogP) is 5.57. The first kappa shape index (κ1) is 21.2. The number of para-hydroxylation sites is 1. The maximum absolute atomic E-state index is 6.50. The van der Waals surface area contributed by atoms with E-state index in [1.165, 1.54) is 11.1 Å². The molecule has 0 radical (unpaired) electrons. The Hall–Kier alpha value is -3.67. The van der Waals surface area contributed by atoms with Crippen molar-refractivity contribution in [3.63, 3.8) is 0 Å². The van der Waals surface area contributed by atoms with Gasteiger partial charge in [-0.25, -0.2) is 5.01 Å². The van der Waals surface area contributed by atoms with Gasteiger partial charge in [-0.3, -0.25) is 0 Å². The first-order chi connectivity index (χ1) is 16.0. The van der Waals surface area contributed by atoms with Gasteiger partial charge in [0.05, 0.1) is 33.1 Å². The maximum atomic E-state index is 6.50. The summed E-state index contributed by atoms with van der Waals surface area (Å²) < 4.78 is 23.2. The number of hydrogen-bond acceptors (Lipinski definition) is 6. The molecule has 170 valence electrons. The van der Waals surface area contributed by atoms with Gasteiger partial charge < -0.3 is 18.9 Å². The number of nitrogens with zero attached hydrogens (tertiary/aromatic N) is 2. The summed E-state index contributed by atoms with van der Waals surface area (Å²) in [7, 11) is 4.84. The van der Waals surface area contributed by atoms with Crippen molar-refractivity contribution in [2.45, 2.75) is 32.5 Å². The van der Waals surface area contributed by atoms with E-state index in [1.54, 1.807) is 21.3 Å². The van der Waals surface area contributed by atoms with Gasteiger partial charge >= 0.3 is 0 Å². The molecule has 2 atom stereocenters. The third-order valence-corrected chi connectivity index (χ3v) is 6.51. The molecule has 2 aliphatic heterocycles. The highest BCUT2D eigenvalue weighted by Crippen LogP contribution is 2.49. The molecule has 0 amide bonds. The largest absolute Gasteiger partial charge is 0.493 e. The molecule has 2 heterocycles. The first-order valence-electron chi connectivity index (χ1n) is 11.0. The van der Waals surface area contributed by atoms with Crippen LogP contribution in [0.4, 0.5) is 0 Å². The molecule has 0 spiro atoms. The molecule has 5 rings (SSSR count). The molecule has 3 aromatic rings. The van der Waals surface area contributed by atoms with Crippen LogP contribution < -0.4 is 18.9 Å². The lowest BCUT2D eigenvalue weighted by atomic mass is 9.94. The molecule has 0 N–H and O–H groups in total. The molecular formula is C27H28N2O4. The molecule has 2 aliphatic rings. The maximum Gasteiger partial charge on any atom is 0.214 e. The molecule has 0 bridgehead atoms. The van der Waals surface area contributed by atoms with E-state index in [2.05, 4.69) is 43.1 Å². The molecule has 0 unspecified atom stereocenters. The van der Waals surface area contributed by atoms with Gasteiger partial charge in [-0.15, -0.1) is 0 Å². The highest BCUT2D eigenvalue weighted by Gasteiger charge is 2.41. The Morgan fingerprint density at radius 2 is 1.61 bits per heavy atom. The number of aryl methyl sites for hydroxylation is 2. The average Bonchev–Trinajstić information content (AvgIpc) is 3.30. The Balaban J connectivity index is 1.62. The highest BCUT2D eigenvalue weighted by atomic mass is 16.5. The van der Waals surface area contributed by atoms with Crippen LogP contribution in [0.3, 0.4) is 0 Å². The van der Waals surface area contributed by atoms with E-state index in [0.29, 0.717) is 17.2 Å². The van der Waals surface area contributed by atoms with Crippen molar-refractivity contribution in [2.24, 2.45) is 5.10 Å². The van der Waals surface area contributed by atoms with Crippen LogP contribution in [-0.2, 0) is 0 Å². The summed E-state index contributed by atoms with van der Waals surface area (Å²) in [5.41, 5.74) is 6.77. The van der Waals surface area contributed by atoms with Gasteiger partial charge in [0.2, 0.25) is 12.0 Å². The monoisotopic (exact) mass is 444 g/mol. The minimum absolute atomic E-state index is 0.0793. The van der Waals surface area contributed by atoms with Gasteiger partial charge in [0, 0.05) is 17.5 Å². The zero-order chi connectivity index (χ0) is 23.1. The van der Waals surface area contributed by atoms with Crippen molar-refractivity contribution < 1.29 is 18.9 Å². The second-order valence-electron chi connectivity index (χ2n) is 8.41. The van der Waals surface area contributed by atoms with E-state index in [1.807, 2.05) is 30.3 Å². The average molecular weight is 445 g/mol. The van der Waals surface area contributed by atoms with Gasteiger partial charge in [0.1, 0.15) is 5.75 Å². The summed E-state index contributed by atoms with van der Waals surface area (Å²) in [6.07, 6.45) is 0.381. The fourth-order valence-electron chi connectivity index (χ4n) is 4.59. The molecule has 0 fully saturated rings. The third-order valence-electron chi connectivity index (χ3n) is 6.51. The SMILES string of the molecule is COc1cc([C@@H]2Oc3ccccc3[C@@H]3CC(c4ccc(C)c(C)c4)=NN32)cc(OC)c1OC. The molecule has 6 heteroatoms. The molecule has 6 nitrogen and oxygen atoms in total. The minimum Gasteiger partial charge on any atom is -0.493 e. The number of benzene rings is 3. The zero-order valence-electron chi connectivity index (χ0n) is 19.6. The Kier molecular flexibility index (Phi) is 5.36. The Labute approximate surface area is 194 Å². The molecule has 0 aliphatic carbocycles. The number of fused-ring (bicyclic) bond motifs is 3. The standard InChI is InChI=1S/C27H28N2O4/c1-16-10-11-18(12-17(16)2)21-15-22-20-8-6-7-9-23(20)33-27(29(22)28-21)19-13-24(30-3)26(32-5)25(14-19)31-4/h6-14,22,27H,15H2,1-5H3/t22-,27-/m0/s1. The van der Waals surface area contributed by atoms with E-state index < -0.39 is 6.23 Å².